The van der Waals surface area contributed by atoms with E-state index in [1.807, 2.05) is 51.5 Å². The molecular formula is C23H28N4O2. The van der Waals surface area contributed by atoms with Gasteiger partial charge in [0.25, 0.3) is 11.5 Å². The van der Waals surface area contributed by atoms with Crippen LogP contribution in [-0.4, -0.2) is 58.1 Å². The first kappa shape index (κ1) is 18.4. The van der Waals surface area contributed by atoms with E-state index < -0.39 is 0 Å². The van der Waals surface area contributed by atoms with Crippen LogP contribution in [-0.2, 0) is 7.05 Å². The predicted octanol–water partition coefficient (Wildman–Crippen LogP) is 3.00. The molecule has 1 aliphatic carbocycles. The summed E-state index contributed by atoms with van der Waals surface area (Å²) in [5.41, 5.74) is 2.35. The Balaban J connectivity index is 1.76. The molecule has 2 aliphatic rings. The summed E-state index contributed by atoms with van der Waals surface area (Å²) in [5.74, 6) is 0.0474. The second-order valence-corrected chi connectivity index (χ2v) is 8.59. The van der Waals surface area contributed by atoms with E-state index in [1.165, 1.54) is 0 Å². The standard InChI is InChI=1S/C23H28N4O2/c1-24-11-13-26(14-12-24)22(28)18-15-27(16-7-3-4-8-16)23(29)21-20(18)17-9-5-6-10-19(17)25(21)2/h5-6,9-10,15-16H,3-4,7-8,11-14H2,1-2H3. The topological polar surface area (TPSA) is 50.5 Å². The number of aryl methyl sites for hydroxylation is 1. The van der Waals surface area contributed by atoms with Crippen molar-refractivity contribution in [1.29, 1.82) is 0 Å². The van der Waals surface area contributed by atoms with Gasteiger partial charge in [0.15, 0.2) is 0 Å². The van der Waals surface area contributed by atoms with Crippen molar-refractivity contribution in [3.8, 4) is 0 Å². The molecule has 3 aromatic rings. The van der Waals surface area contributed by atoms with Gasteiger partial charge in [-0.05, 0) is 26.0 Å². The summed E-state index contributed by atoms with van der Waals surface area (Å²) in [4.78, 5) is 31.3. The molecule has 2 aromatic heterocycles. The number of hydrogen-bond acceptors (Lipinski definition) is 3. The van der Waals surface area contributed by atoms with Crippen molar-refractivity contribution in [2.75, 3.05) is 33.2 Å². The second kappa shape index (κ2) is 7.02. The fourth-order valence-electron chi connectivity index (χ4n) is 5.10. The van der Waals surface area contributed by atoms with Gasteiger partial charge in [-0.15, -0.1) is 0 Å². The highest BCUT2D eigenvalue weighted by atomic mass is 16.2. The molecule has 1 saturated heterocycles. The molecule has 0 spiro atoms. The molecule has 1 aromatic carbocycles. The highest BCUT2D eigenvalue weighted by molar-refractivity contribution is 6.17. The summed E-state index contributed by atoms with van der Waals surface area (Å²) < 4.78 is 3.83. The van der Waals surface area contributed by atoms with E-state index >= 15 is 0 Å². The van der Waals surface area contributed by atoms with Gasteiger partial charge < -0.3 is 18.9 Å². The van der Waals surface area contributed by atoms with Crippen LogP contribution in [0.5, 0.6) is 0 Å². The van der Waals surface area contributed by atoms with Crippen molar-refractivity contribution >= 4 is 27.7 Å². The zero-order chi connectivity index (χ0) is 20.1. The number of amides is 1. The van der Waals surface area contributed by atoms with E-state index in [9.17, 15) is 9.59 Å². The maximum absolute atomic E-state index is 13.6. The van der Waals surface area contributed by atoms with Gasteiger partial charge in [0, 0.05) is 61.8 Å². The second-order valence-electron chi connectivity index (χ2n) is 8.59. The van der Waals surface area contributed by atoms with Crippen molar-refractivity contribution < 1.29 is 4.79 Å². The molecule has 29 heavy (non-hydrogen) atoms. The normalized spacial score (nSPS) is 18.9. The van der Waals surface area contributed by atoms with Gasteiger partial charge in [0.05, 0.1) is 5.56 Å². The minimum atomic E-state index is 0.0283. The van der Waals surface area contributed by atoms with Gasteiger partial charge in [-0.2, -0.15) is 0 Å². The Hall–Kier alpha value is -2.60. The average molecular weight is 393 g/mol. The molecule has 6 heteroatoms. The van der Waals surface area contributed by atoms with Crippen LogP contribution in [0.15, 0.2) is 35.3 Å². The Bertz CT molecular complexity index is 1150. The molecule has 152 valence electrons. The Morgan fingerprint density at radius 3 is 2.41 bits per heavy atom. The van der Waals surface area contributed by atoms with E-state index in [0.29, 0.717) is 11.1 Å². The third kappa shape index (κ3) is 2.89. The highest BCUT2D eigenvalue weighted by Crippen LogP contribution is 2.33. The number of pyridine rings is 1. The van der Waals surface area contributed by atoms with Crippen LogP contribution in [0.3, 0.4) is 0 Å². The largest absolute Gasteiger partial charge is 0.339 e. The smallest absolute Gasteiger partial charge is 0.275 e. The summed E-state index contributed by atoms with van der Waals surface area (Å²) in [6.45, 7) is 3.22. The summed E-state index contributed by atoms with van der Waals surface area (Å²) >= 11 is 0. The minimum Gasteiger partial charge on any atom is -0.339 e. The maximum atomic E-state index is 13.6. The Kier molecular flexibility index (Phi) is 4.46. The number of fused-ring (bicyclic) bond motifs is 3. The lowest BCUT2D eigenvalue weighted by atomic mass is 10.1. The molecule has 2 fully saturated rings. The lowest BCUT2D eigenvalue weighted by Crippen LogP contribution is -2.47. The van der Waals surface area contributed by atoms with Crippen molar-refractivity contribution in [2.24, 2.45) is 7.05 Å². The molecule has 0 radical (unpaired) electrons. The molecule has 0 atom stereocenters. The van der Waals surface area contributed by atoms with Gasteiger partial charge in [0.1, 0.15) is 5.52 Å². The zero-order valence-corrected chi connectivity index (χ0v) is 17.2. The number of hydrogen-bond donors (Lipinski definition) is 0. The Morgan fingerprint density at radius 2 is 1.69 bits per heavy atom. The molecule has 3 heterocycles. The fraction of sp³-hybridized carbons (Fsp3) is 0.478. The lowest BCUT2D eigenvalue weighted by Gasteiger charge is -2.32. The first-order valence-electron chi connectivity index (χ1n) is 10.7. The van der Waals surface area contributed by atoms with Crippen molar-refractivity contribution in [3.63, 3.8) is 0 Å². The van der Waals surface area contributed by atoms with E-state index in [0.717, 1.165) is 68.2 Å². The average Bonchev–Trinajstić information content (AvgIpc) is 3.36. The number of nitrogens with zero attached hydrogens (tertiary/aromatic N) is 4. The summed E-state index contributed by atoms with van der Waals surface area (Å²) in [7, 11) is 4.03. The number of benzene rings is 1. The van der Waals surface area contributed by atoms with Crippen molar-refractivity contribution in [1.82, 2.24) is 18.9 Å². The quantitative estimate of drug-likeness (QED) is 0.674. The van der Waals surface area contributed by atoms with Crippen LogP contribution in [0, 0.1) is 0 Å². The van der Waals surface area contributed by atoms with Crippen molar-refractivity contribution in [2.45, 2.75) is 31.7 Å². The lowest BCUT2D eigenvalue weighted by molar-refractivity contribution is 0.0665. The fourth-order valence-corrected chi connectivity index (χ4v) is 5.10. The van der Waals surface area contributed by atoms with E-state index in [4.69, 9.17) is 0 Å². The van der Waals surface area contributed by atoms with E-state index in [1.54, 1.807) is 0 Å². The first-order valence-corrected chi connectivity index (χ1v) is 10.7. The van der Waals surface area contributed by atoms with Gasteiger partial charge in [-0.1, -0.05) is 31.0 Å². The number of carbonyl (C=O) groups excluding carboxylic acids is 1. The highest BCUT2D eigenvalue weighted by Gasteiger charge is 2.28. The van der Waals surface area contributed by atoms with Crippen LogP contribution >= 0.6 is 0 Å². The number of para-hydroxylation sites is 1. The molecule has 5 rings (SSSR count). The molecule has 6 nitrogen and oxygen atoms in total. The van der Waals surface area contributed by atoms with Gasteiger partial charge in [0.2, 0.25) is 0 Å². The van der Waals surface area contributed by atoms with Crippen LogP contribution in [0.2, 0.25) is 0 Å². The molecule has 0 unspecified atom stereocenters. The first-order chi connectivity index (χ1) is 14.1. The van der Waals surface area contributed by atoms with Gasteiger partial charge in [-0.3, -0.25) is 9.59 Å². The number of rotatable bonds is 2. The van der Waals surface area contributed by atoms with Crippen LogP contribution in [0.25, 0.3) is 21.8 Å². The minimum absolute atomic E-state index is 0.0283. The SMILES string of the molecule is CN1CCN(C(=O)c2cn(C3CCCC3)c(=O)c3c2c2ccccc2n3C)CC1. The monoisotopic (exact) mass is 392 g/mol. The third-order valence-corrected chi connectivity index (χ3v) is 6.82. The van der Waals surface area contributed by atoms with Crippen LogP contribution in [0.4, 0.5) is 0 Å². The number of carbonyl (C=O) groups is 1. The maximum Gasteiger partial charge on any atom is 0.275 e. The number of likely N-dealkylation sites (N-methyl/N-ethyl adjacent to an activating group) is 1. The summed E-state index contributed by atoms with van der Waals surface area (Å²) in [6.07, 6.45) is 6.18. The Morgan fingerprint density at radius 1 is 1.00 bits per heavy atom. The molecule has 1 aliphatic heterocycles. The van der Waals surface area contributed by atoms with Gasteiger partial charge in [-0.25, -0.2) is 0 Å². The number of piperazine rings is 1. The molecule has 0 bridgehead atoms. The molecular weight excluding hydrogens is 364 g/mol. The molecule has 0 N–H and O–H groups in total. The number of aromatic nitrogens is 2. The van der Waals surface area contributed by atoms with Crippen molar-refractivity contribution in [3.05, 3.63) is 46.4 Å². The summed E-state index contributed by atoms with van der Waals surface area (Å²) in [6, 6.07) is 8.22. The van der Waals surface area contributed by atoms with E-state index in [-0.39, 0.29) is 17.5 Å². The third-order valence-electron chi connectivity index (χ3n) is 6.82. The van der Waals surface area contributed by atoms with Gasteiger partial charge >= 0.3 is 0 Å². The zero-order valence-electron chi connectivity index (χ0n) is 17.2. The van der Waals surface area contributed by atoms with Crippen LogP contribution < -0.4 is 5.56 Å². The Labute approximate surface area is 170 Å². The summed E-state index contributed by atoms with van der Waals surface area (Å²) in [5, 5.41) is 1.80. The molecule has 1 amide bonds. The predicted molar refractivity (Wildman–Crippen MR) is 116 cm³/mol. The van der Waals surface area contributed by atoms with Crippen LogP contribution in [0.1, 0.15) is 42.1 Å². The van der Waals surface area contributed by atoms with E-state index in [2.05, 4.69) is 11.9 Å². The molecule has 1 saturated carbocycles.